The van der Waals surface area contributed by atoms with Crippen LogP contribution in [0.25, 0.3) is 16.5 Å². The van der Waals surface area contributed by atoms with Crippen LogP contribution in [-0.2, 0) is 6.54 Å². The molecule has 0 saturated carbocycles. The summed E-state index contributed by atoms with van der Waals surface area (Å²) in [4.78, 5) is 11.3. The molecule has 106 valence electrons. The van der Waals surface area contributed by atoms with Crippen molar-refractivity contribution in [1.29, 1.82) is 0 Å². The summed E-state index contributed by atoms with van der Waals surface area (Å²) in [6, 6.07) is 8.53. The van der Waals surface area contributed by atoms with E-state index in [1.807, 2.05) is 11.7 Å². The highest BCUT2D eigenvalue weighted by molar-refractivity contribution is 7.09. The van der Waals surface area contributed by atoms with Gasteiger partial charge in [-0.15, -0.1) is 11.3 Å². The Hall–Kier alpha value is -1.91. The lowest BCUT2D eigenvalue weighted by Gasteiger charge is -2.25. The first-order valence-corrected chi connectivity index (χ1v) is 8.13. The quantitative estimate of drug-likeness (QED) is 0.794. The van der Waals surface area contributed by atoms with Crippen LogP contribution >= 0.6 is 11.3 Å². The third-order valence-corrected chi connectivity index (χ3v) is 4.86. The molecule has 3 aromatic rings. The third-order valence-electron chi connectivity index (χ3n) is 4.09. The molecule has 0 bridgehead atoms. The highest BCUT2D eigenvalue weighted by atomic mass is 32.1. The first-order valence-electron chi connectivity index (χ1n) is 7.25. The van der Waals surface area contributed by atoms with E-state index >= 15 is 0 Å². The van der Waals surface area contributed by atoms with Crippen LogP contribution in [0.4, 0.5) is 0 Å². The number of H-pyrrole nitrogens is 1. The van der Waals surface area contributed by atoms with Crippen molar-refractivity contribution < 1.29 is 0 Å². The van der Waals surface area contributed by atoms with Crippen molar-refractivity contribution in [2.75, 3.05) is 13.1 Å². The van der Waals surface area contributed by atoms with Gasteiger partial charge in [0.25, 0.3) is 0 Å². The second kappa shape index (κ2) is 5.47. The Morgan fingerprint density at radius 2 is 2.24 bits per heavy atom. The van der Waals surface area contributed by atoms with Gasteiger partial charge in [-0.1, -0.05) is 24.3 Å². The van der Waals surface area contributed by atoms with Gasteiger partial charge in [0.1, 0.15) is 0 Å². The Morgan fingerprint density at radius 1 is 1.29 bits per heavy atom. The Morgan fingerprint density at radius 3 is 3.05 bits per heavy atom. The molecule has 0 unspecified atom stereocenters. The van der Waals surface area contributed by atoms with Gasteiger partial charge >= 0.3 is 0 Å². The minimum absolute atomic E-state index is 1.02. The molecule has 1 aliphatic rings. The monoisotopic (exact) mass is 295 g/mol. The van der Waals surface area contributed by atoms with Crippen molar-refractivity contribution in [3.8, 4) is 0 Å². The van der Waals surface area contributed by atoms with Crippen LogP contribution in [0.1, 0.15) is 16.9 Å². The SMILES string of the molecule is C1=C(c2c[nH]c3ccccc23)CCN(Cc2cncs2)C1. The van der Waals surface area contributed by atoms with Crippen molar-refractivity contribution in [2.24, 2.45) is 0 Å². The summed E-state index contributed by atoms with van der Waals surface area (Å²) in [6.45, 7) is 3.15. The van der Waals surface area contributed by atoms with Crippen LogP contribution in [-0.4, -0.2) is 28.0 Å². The summed E-state index contributed by atoms with van der Waals surface area (Å²) in [7, 11) is 0. The van der Waals surface area contributed by atoms with E-state index < -0.39 is 0 Å². The fraction of sp³-hybridized carbons (Fsp3) is 0.235. The summed E-state index contributed by atoms with van der Waals surface area (Å²) in [5, 5.41) is 1.33. The smallest absolute Gasteiger partial charge is 0.0794 e. The van der Waals surface area contributed by atoms with Crippen LogP contribution in [0, 0.1) is 0 Å². The molecular weight excluding hydrogens is 278 g/mol. The van der Waals surface area contributed by atoms with Crippen molar-refractivity contribution in [2.45, 2.75) is 13.0 Å². The summed E-state index contributed by atoms with van der Waals surface area (Å²) in [6.07, 6.45) is 7.61. The maximum atomic E-state index is 4.15. The summed E-state index contributed by atoms with van der Waals surface area (Å²) >= 11 is 1.74. The molecule has 0 radical (unpaired) electrons. The van der Waals surface area contributed by atoms with Gasteiger partial charge in [-0.05, 0) is 18.1 Å². The van der Waals surface area contributed by atoms with E-state index in [2.05, 4.69) is 51.4 Å². The standard InChI is InChI=1S/C17H17N3S/c1-2-4-17-15(3-1)16(10-19-17)13-5-7-20(8-6-13)11-14-9-18-12-21-14/h1-5,9-10,12,19H,6-8,11H2. The summed E-state index contributed by atoms with van der Waals surface area (Å²) in [5.41, 5.74) is 5.96. The molecule has 3 nitrogen and oxygen atoms in total. The second-order valence-electron chi connectivity index (χ2n) is 5.43. The van der Waals surface area contributed by atoms with E-state index in [0.717, 1.165) is 26.1 Å². The number of para-hydroxylation sites is 1. The Balaban J connectivity index is 1.54. The van der Waals surface area contributed by atoms with Gasteiger partial charge in [-0.3, -0.25) is 9.88 Å². The fourth-order valence-electron chi connectivity index (χ4n) is 2.98. The average molecular weight is 295 g/mol. The van der Waals surface area contributed by atoms with Gasteiger partial charge in [0, 0.05) is 53.4 Å². The van der Waals surface area contributed by atoms with Gasteiger partial charge in [0.05, 0.1) is 5.51 Å². The zero-order chi connectivity index (χ0) is 14.1. The first-order chi connectivity index (χ1) is 10.4. The highest BCUT2D eigenvalue weighted by Gasteiger charge is 2.15. The van der Waals surface area contributed by atoms with Crippen LogP contribution in [0.15, 0.2) is 48.2 Å². The number of aromatic nitrogens is 2. The zero-order valence-electron chi connectivity index (χ0n) is 11.7. The first kappa shape index (κ1) is 12.8. The lowest BCUT2D eigenvalue weighted by Crippen LogP contribution is -2.27. The maximum absolute atomic E-state index is 4.15. The van der Waals surface area contributed by atoms with Crippen LogP contribution in [0.5, 0.6) is 0 Å². The molecule has 0 saturated heterocycles. The van der Waals surface area contributed by atoms with Gasteiger partial charge in [-0.25, -0.2) is 0 Å². The van der Waals surface area contributed by atoms with E-state index in [1.165, 1.54) is 26.9 Å². The number of thiazole rings is 1. The molecule has 4 heteroatoms. The number of benzene rings is 1. The predicted octanol–water partition coefficient (Wildman–Crippen LogP) is 3.91. The number of aromatic amines is 1. The van der Waals surface area contributed by atoms with Crippen LogP contribution in [0.2, 0.25) is 0 Å². The molecule has 1 N–H and O–H groups in total. The van der Waals surface area contributed by atoms with Crippen LogP contribution < -0.4 is 0 Å². The molecule has 2 aromatic heterocycles. The molecule has 0 spiro atoms. The number of rotatable bonds is 3. The van der Waals surface area contributed by atoms with E-state index in [-0.39, 0.29) is 0 Å². The molecule has 4 rings (SSSR count). The average Bonchev–Trinajstić information content (AvgIpc) is 3.17. The number of nitrogens with zero attached hydrogens (tertiary/aromatic N) is 2. The van der Waals surface area contributed by atoms with E-state index in [9.17, 15) is 0 Å². The molecule has 1 aromatic carbocycles. The van der Waals surface area contributed by atoms with Gasteiger partial charge in [0.2, 0.25) is 0 Å². The molecule has 0 amide bonds. The Bertz CT molecular complexity index is 770. The topological polar surface area (TPSA) is 31.9 Å². The molecule has 0 fully saturated rings. The Labute approximate surface area is 127 Å². The fourth-order valence-corrected chi connectivity index (χ4v) is 3.61. The van der Waals surface area contributed by atoms with E-state index in [4.69, 9.17) is 0 Å². The zero-order valence-corrected chi connectivity index (χ0v) is 12.6. The molecule has 0 atom stereocenters. The molecule has 1 aliphatic heterocycles. The maximum Gasteiger partial charge on any atom is 0.0794 e. The number of hydrogen-bond donors (Lipinski definition) is 1. The van der Waals surface area contributed by atoms with Crippen molar-refractivity contribution in [3.63, 3.8) is 0 Å². The second-order valence-corrected chi connectivity index (χ2v) is 6.40. The van der Waals surface area contributed by atoms with Crippen molar-refractivity contribution in [1.82, 2.24) is 14.9 Å². The molecule has 21 heavy (non-hydrogen) atoms. The largest absolute Gasteiger partial charge is 0.361 e. The third kappa shape index (κ3) is 2.52. The minimum Gasteiger partial charge on any atom is -0.361 e. The van der Waals surface area contributed by atoms with Gasteiger partial charge in [0.15, 0.2) is 0 Å². The van der Waals surface area contributed by atoms with Crippen molar-refractivity contribution >= 4 is 27.8 Å². The van der Waals surface area contributed by atoms with Gasteiger partial charge < -0.3 is 4.98 Å². The van der Waals surface area contributed by atoms with E-state index in [1.54, 1.807) is 11.3 Å². The predicted molar refractivity (Wildman–Crippen MR) is 88.3 cm³/mol. The van der Waals surface area contributed by atoms with E-state index in [0.29, 0.717) is 0 Å². The van der Waals surface area contributed by atoms with Crippen LogP contribution in [0.3, 0.4) is 0 Å². The highest BCUT2D eigenvalue weighted by Crippen LogP contribution is 2.29. The van der Waals surface area contributed by atoms with Gasteiger partial charge in [-0.2, -0.15) is 0 Å². The number of fused-ring (bicyclic) bond motifs is 1. The number of hydrogen-bond acceptors (Lipinski definition) is 3. The van der Waals surface area contributed by atoms with Crippen molar-refractivity contribution in [3.05, 3.63) is 58.7 Å². The normalized spacial score (nSPS) is 16.3. The summed E-state index contributed by atoms with van der Waals surface area (Å²) in [5.74, 6) is 0. The number of nitrogens with one attached hydrogen (secondary N) is 1. The lowest BCUT2D eigenvalue weighted by molar-refractivity contribution is 0.296. The molecular formula is C17H17N3S. The molecule has 0 aliphatic carbocycles. The minimum atomic E-state index is 1.02. The molecule has 3 heterocycles. The summed E-state index contributed by atoms with van der Waals surface area (Å²) < 4.78 is 0. The lowest BCUT2D eigenvalue weighted by atomic mass is 9.99. The Kier molecular flexibility index (Phi) is 3.33.